The summed E-state index contributed by atoms with van der Waals surface area (Å²) < 4.78 is 0. The molecule has 2 N–H and O–H groups in total. The number of rotatable bonds is 7. The Bertz CT molecular complexity index is 544. The van der Waals surface area contributed by atoms with Crippen LogP contribution < -0.4 is 10.6 Å². The minimum atomic E-state index is 0.727. The highest BCUT2D eigenvalue weighted by Gasteiger charge is 2.34. The molecule has 1 unspecified atom stereocenters. The molecule has 0 bridgehead atoms. The summed E-state index contributed by atoms with van der Waals surface area (Å²) in [6.07, 6.45) is 5.09. The first-order valence-electron chi connectivity index (χ1n) is 9.34. The first-order valence-corrected chi connectivity index (χ1v) is 10.2. The number of aromatic nitrogens is 1. The monoisotopic (exact) mass is 349 g/mol. The fourth-order valence-electron chi connectivity index (χ4n) is 3.28. The Morgan fingerprint density at radius 3 is 2.79 bits per heavy atom. The highest BCUT2D eigenvalue weighted by molar-refractivity contribution is 7.11. The molecule has 0 amide bonds. The number of nitrogens with zero attached hydrogens (tertiary/aromatic N) is 3. The molecular formula is C18H31N5S. The third-order valence-corrected chi connectivity index (χ3v) is 6.07. The summed E-state index contributed by atoms with van der Waals surface area (Å²) in [4.78, 5) is 13.4. The van der Waals surface area contributed by atoms with E-state index < -0.39 is 0 Å². The van der Waals surface area contributed by atoms with Gasteiger partial charge in [-0.25, -0.2) is 4.98 Å². The fourth-order valence-corrected chi connectivity index (χ4v) is 4.21. The Labute approximate surface area is 150 Å². The van der Waals surface area contributed by atoms with Crippen LogP contribution in [-0.2, 0) is 6.42 Å². The molecule has 2 aliphatic rings. The van der Waals surface area contributed by atoms with Crippen molar-refractivity contribution in [2.75, 3.05) is 32.7 Å². The zero-order valence-corrected chi connectivity index (χ0v) is 16.1. The van der Waals surface area contributed by atoms with Gasteiger partial charge < -0.3 is 15.5 Å². The van der Waals surface area contributed by atoms with Gasteiger partial charge in [0.2, 0.25) is 0 Å². The number of aryl methyl sites for hydroxylation is 2. The Morgan fingerprint density at radius 2 is 2.12 bits per heavy atom. The fraction of sp³-hybridized carbons (Fsp3) is 0.778. The van der Waals surface area contributed by atoms with Crippen LogP contribution in [0.5, 0.6) is 0 Å². The number of hydrogen-bond donors (Lipinski definition) is 2. The Hall–Kier alpha value is -1.14. The summed E-state index contributed by atoms with van der Waals surface area (Å²) in [5.74, 6) is 1.68. The predicted molar refractivity (Wildman–Crippen MR) is 102 cm³/mol. The van der Waals surface area contributed by atoms with Gasteiger partial charge >= 0.3 is 0 Å². The van der Waals surface area contributed by atoms with Crippen LogP contribution in [0.15, 0.2) is 4.99 Å². The van der Waals surface area contributed by atoms with E-state index in [1.54, 1.807) is 11.3 Å². The second kappa shape index (κ2) is 8.30. The lowest BCUT2D eigenvalue weighted by atomic mass is 10.1. The molecule has 1 saturated carbocycles. The summed E-state index contributed by atoms with van der Waals surface area (Å²) in [6, 6.07) is 0.899. The molecule has 1 atom stereocenters. The Morgan fingerprint density at radius 1 is 1.29 bits per heavy atom. The van der Waals surface area contributed by atoms with Crippen molar-refractivity contribution in [1.29, 1.82) is 0 Å². The number of likely N-dealkylation sites (tertiary alicyclic amines) is 1. The van der Waals surface area contributed by atoms with Crippen LogP contribution in [0.3, 0.4) is 0 Å². The Balaban J connectivity index is 1.43. The van der Waals surface area contributed by atoms with E-state index in [0.717, 1.165) is 49.7 Å². The molecule has 1 aliphatic carbocycles. The van der Waals surface area contributed by atoms with Crippen molar-refractivity contribution in [1.82, 2.24) is 20.5 Å². The molecule has 5 nitrogen and oxygen atoms in total. The van der Waals surface area contributed by atoms with Gasteiger partial charge in [-0.1, -0.05) is 0 Å². The average molecular weight is 350 g/mol. The molecule has 1 aliphatic heterocycles. The number of thiazole rings is 1. The summed E-state index contributed by atoms with van der Waals surface area (Å²) in [5, 5.41) is 8.04. The van der Waals surface area contributed by atoms with Crippen LogP contribution in [0, 0.1) is 19.8 Å². The molecular weight excluding hydrogens is 318 g/mol. The maximum atomic E-state index is 4.81. The molecule has 24 heavy (non-hydrogen) atoms. The van der Waals surface area contributed by atoms with Gasteiger partial charge in [-0.15, -0.1) is 11.3 Å². The van der Waals surface area contributed by atoms with E-state index in [1.165, 1.54) is 42.2 Å². The third kappa shape index (κ3) is 4.93. The maximum absolute atomic E-state index is 4.81. The summed E-state index contributed by atoms with van der Waals surface area (Å²) in [5.41, 5.74) is 1.16. The smallest absolute Gasteiger partial charge is 0.191 e. The maximum Gasteiger partial charge on any atom is 0.191 e. The highest BCUT2D eigenvalue weighted by atomic mass is 32.1. The van der Waals surface area contributed by atoms with Crippen LogP contribution in [0.1, 0.15) is 41.8 Å². The largest absolute Gasteiger partial charge is 0.357 e. The van der Waals surface area contributed by atoms with E-state index in [-0.39, 0.29) is 0 Å². The van der Waals surface area contributed by atoms with E-state index in [0.29, 0.717) is 0 Å². The van der Waals surface area contributed by atoms with E-state index in [2.05, 4.69) is 41.3 Å². The molecule has 1 saturated heterocycles. The lowest BCUT2D eigenvalue weighted by molar-refractivity contribution is 0.315. The van der Waals surface area contributed by atoms with Crippen molar-refractivity contribution >= 4 is 17.3 Å². The summed E-state index contributed by atoms with van der Waals surface area (Å²) in [7, 11) is 0. The number of nitrogens with one attached hydrogen (secondary N) is 2. The van der Waals surface area contributed by atoms with Crippen molar-refractivity contribution in [3.63, 3.8) is 0 Å². The van der Waals surface area contributed by atoms with Gasteiger partial charge in [0.25, 0.3) is 0 Å². The quantitative estimate of drug-likeness (QED) is 0.586. The van der Waals surface area contributed by atoms with Gasteiger partial charge in [0, 0.05) is 43.5 Å². The van der Waals surface area contributed by atoms with Gasteiger partial charge in [0.15, 0.2) is 5.96 Å². The second-order valence-electron chi connectivity index (χ2n) is 7.03. The summed E-state index contributed by atoms with van der Waals surface area (Å²) in [6.45, 7) is 11.6. The van der Waals surface area contributed by atoms with Gasteiger partial charge in [-0.3, -0.25) is 4.99 Å². The lowest BCUT2D eigenvalue weighted by Gasteiger charge is -2.15. The topological polar surface area (TPSA) is 52.6 Å². The standard InChI is InChI=1S/C18H31N5S/c1-4-19-18(20-9-7-17-22-13(2)14(3)24-17)21-11-15-8-10-23(12-15)16-5-6-16/h15-16H,4-12H2,1-3H3,(H2,19,20,21). The Kier molecular flexibility index (Phi) is 6.11. The molecule has 0 radical (unpaired) electrons. The van der Waals surface area contributed by atoms with Gasteiger partial charge in [0.05, 0.1) is 10.7 Å². The van der Waals surface area contributed by atoms with Gasteiger partial charge in [-0.2, -0.15) is 0 Å². The third-order valence-electron chi connectivity index (χ3n) is 4.94. The molecule has 1 aromatic rings. The van der Waals surface area contributed by atoms with Gasteiger partial charge in [-0.05, 0) is 52.5 Å². The predicted octanol–water partition coefficient (Wildman–Crippen LogP) is 2.34. The minimum Gasteiger partial charge on any atom is -0.357 e. The molecule has 0 aromatic carbocycles. The normalized spacial score (nSPS) is 22.1. The molecule has 134 valence electrons. The van der Waals surface area contributed by atoms with E-state index in [1.807, 2.05) is 0 Å². The van der Waals surface area contributed by atoms with Crippen LogP contribution in [0.25, 0.3) is 0 Å². The number of hydrogen-bond acceptors (Lipinski definition) is 4. The average Bonchev–Trinajstić information content (AvgIpc) is 3.22. The van der Waals surface area contributed by atoms with E-state index in [9.17, 15) is 0 Å². The molecule has 0 spiro atoms. The van der Waals surface area contributed by atoms with Crippen molar-refractivity contribution < 1.29 is 0 Å². The van der Waals surface area contributed by atoms with E-state index in [4.69, 9.17) is 4.99 Å². The van der Waals surface area contributed by atoms with E-state index >= 15 is 0 Å². The van der Waals surface area contributed by atoms with Crippen molar-refractivity contribution in [2.45, 2.75) is 52.5 Å². The molecule has 6 heteroatoms. The van der Waals surface area contributed by atoms with Crippen molar-refractivity contribution in [2.24, 2.45) is 10.9 Å². The second-order valence-corrected chi connectivity index (χ2v) is 8.31. The van der Waals surface area contributed by atoms with Crippen molar-refractivity contribution in [3.05, 3.63) is 15.6 Å². The molecule has 2 fully saturated rings. The first kappa shape index (κ1) is 17.7. The first-order chi connectivity index (χ1) is 11.7. The van der Waals surface area contributed by atoms with Crippen LogP contribution in [-0.4, -0.2) is 54.6 Å². The highest BCUT2D eigenvalue weighted by Crippen LogP contribution is 2.31. The molecule has 3 rings (SSSR count). The SMILES string of the molecule is CCNC(=NCC1CCN(C2CC2)C1)NCCc1nc(C)c(C)s1. The molecule has 2 heterocycles. The lowest BCUT2D eigenvalue weighted by Crippen LogP contribution is -2.38. The van der Waals surface area contributed by atoms with Gasteiger partial charge in [0.1, 0.15) is 0 Å². The van der Waals surface area contributed by atoms with Crippen LogP contribution in [0.2, 0.25) is 0 Å². The van der Waals surface area contributed by atoms with Crippen LogP contribution in [0.4, 0.5) is 0 Å². The van der Waals surface area contributed by atoms with Crippen molar-refractivity contribution in [3.8, 4) is 0 Å². The van der Waals surface area contributed by atoms with Crippen LogP contribution >= 0.6 is 11.3 Å². The zero-order valence-electron chi connectivity index (χ0n) is 15.3. The minimum absolute atomic E-state index is 0.727. The zero-order chi connectivity index (χ0) is 16.9. The number of guanidine groups is 1. The molecule has 1 aromatic heterocycles. The summed E-state index contributed by atoms with van der Waals surface area (Å²) >= 11 is 1.81. The number of aliphatic imine (C=N–C) groups is 1.